The van der Waals surface area contributed by atoms with Gasteiger partial charge in [0, 0.05) is 17.4 Å². The zero-order chi connectivity index (χ0) is 24.7. The summed E-state index contributed by atoms with van der Waals surface area (Å²) < 4.78 is 6.76. The zero-order valence-electron chi connectivity index (χ0n) is 21.2. The molecule has 0 aromatic heterocycles. The van der Waals surface area contributed by atoms with E-state index < -0.39 is 11.0 Å². The molecule has 0 aromatic carbocycles. The van der Waals surface area contributed by atoms with Gasteiger partial charge in [-0.15, -0.1) is 0 Å². The van der Waals surface area contributed by atoms with Crippen LogP contribution < -0.4 is 0 Å². The molecule has 2 N–H and O–H groups in total. The Morgan fingerprint density at radius 2 is 1.85 bits per heavy atom. The number of rotatable bonds is 3. The molecule has 6 atom stereocenters. The highest BCUT2D eigenvalue weighted by molar-refractivity contribution is 6.24. The standard InChI is InChI=1S/C28H40O5/c1-14(2)17-12-20(29)27(7)10-9-16-11-18-23(31)21(22(30)15(3)4)24(32)26(5,6)25(18)33-28(16,8)13-19(17)27/h15-17,19-20,29,31H,1,9-13H2,2-8H3/t16-,17-,19-,20+,27+,28+/m0/s1. The first-order valence-electron chi connectivity index (χ1n) is 12.4. The minimum absolute atomic E-state index is 0.0730. The number of ketones is 2. The predicted molar refractivity (Wildman–Crippen MR) is 127 cm³/mol. The third-order valence-electron chi connectivity index (χ3n) is 9.44. The monoisotopic (exact) mass is 456 g/mol. The second-order valence-electron chi connectivity index (χ2n) is 12.4. The molecule has 0 spiro atoms. The van der Waals surface area contributed by atoms with Crippen LogP contribution >= 0.6 is 0 Å². The molecule has 0 aromatic rings. The molecular formula is C28H40O5. The maximum absolute atomic E-state index is 13.4. The number of hydrogen-bond acceptors (Lipinski definition) is 5. The Kier molecular flexibility index (Phi) is 5.56. The highest BCUT2D eigenvalue weighted by atomic mass is 16.5. The molecule has 1 aliphatic heterocycles. The fourth-order valence-electron chi connectivity index (χ4n) is 7.02. The van der Waals surface area contributed by atoms with Gasteiger partial charge in [0.15, 0.2) is 11.6 Å². The summed E-state index contributed by atoms with van der Waals surface area (Å²) in [5, 5.41) is 22.2. The second-order valence-corrected chi connectivity index (χ2v) is 12.4. The highest BCUT2D eigenvalue weighted by Crippen LogP contribution is 2.62. The summed E-state index contributed by atoms with van der Waals surface area (Å²) in [5.41, 5.74) is -0.109. The van der Waals surface area contributed by atoms with Crippen LogP contribution in [0.15, 0.2) is 34.8 Å². The van der Waals surface area contributed by atoms with Crippen LogP contribution in [0, 0.1) is 34.5 Å². The lowest BCUT2D eigenvalue weighted by molar-refractivity contribution is -0.133. The quantitative estimate of drug-likeness (QED) is 0.436. The maximum Gasteiger partial charge on any atom is 0.183 e. The Bertz CT molecular complexity index is 982. The molecule has 5 nitrogen and oxygen atoms in total. The van der Waals surface area contributed by atoms with Gasteiger partial charge in [-0.2, -0.15) is 0 Å². The zero-order valence-corrected chi connectivity index (χ0v) is 21.2. The van der Waals surface area contributed by atoms with E-state index in [-0.39, 0.29) is 58.1 Å². The maximum atomic E-state index is 13.4. The van der Waals surface area contributed by atoms with E-state index in [0.29, 0.717) is 17.8 Å². The molecule has 4 rings (SSSR count). The van der Waals surface area contributed by atoms with Gasteiger partial charge in [0.2, 0.25) is 0 Å². The van der Waals surface area contributed by atoms with Crippen molar-refractivity contribution in [1.82, 2.24) is 0 Å². The van der Waals surface area contributed by atoms with Crippen molar-refractivity contribution in [2.75, 3.05) is 0 Å². The van der Waals surface area contributed by atoms with Crippen LogP contribution in [0.4, 0.5) is 0 Å². The molecule has 0 saturated heterocycles. The molecule has 2 saturated carbocycles. The van der Waals surface area contributed by atoms with Gasteiger partial charge in [-0.3, -0.25) is 9.59 Å². The SMILES string of the molecule is C=C(C)[C@@H]1C[C@@H](O)[C@]2(C)CC[C@H]3CC4=C(O[C@]3(C)C[C@@H]12)C(C)(C)C(=O)C(C(=O)C(C)C)=C4O. The van der Waals surface area contributed by atoms with Gasteiger partial charge in [0.1, 0.15) is 22.7 Å². The fraction of sp³-hybridized carbons (Fsp3) is 0.714. The number of aliphatic hydroxyl groups excluding tert-OH is 2. The molecule has 3 aliphatic carbocycles. The Morgan fingerprint density at radius 3 is 2.42 bits per heavy atom. The van der Waals surface area contributed by atoms with Crippen LogP contribution in [0.25, 0.3) is 0 Å². The van der Waals surface area contributed by atoms with Crippen LogP contribution in [-0.4, -0.2) is 33.5 Å². The van der Waals surface area contributed by atoms with Gasteiger partial charge in [-0.05, 0) is 77.0 Å². The predicted octanol–water partition coefficient (Wildman–Crippen LogP) is 5.45. The van der Waals surface area contributed by atoms with Crippen LogP contribution in [0.5, 0.6) is 0 Å². The smallest absolute Gasteiger partial charge is 0.183 e. The molecule has 2 fully saturated rings. The molecule has 0 unspecified atom stereocenters. The minimum atomic E-state index is -1.02. The number of fused-ring (bicyclic) bond motifs is 2. The molecule has 0 bridgehead atoms. The summed E-state index contributed by atoms with van der Waals surface area (Å²) in [6, 6.07) is 0. The van der Waals surface area contributed by atoms with Crippen LogP contribution in [0.1, 0.15) is 80.6 Å². The number of ether oxygens (including phenoxy) is 1. The number of hydrogen-bond donors (Lipinski definition) is 2. The molecule has 4 aliphatic rings. The fourth-order valence-corrected chi connectivity index (χ4v) is 7.02. The number of carbonyl (C=O) groups excluding carboxylic acids is 2. The normalized spacial score (nSPS) is 40.1. The summed E-state index contributed by atoms with van der Waals surface area (Å²) in [5.74, 6) is -0.135. The first-order chi connectivity index (χ1) is 15.1. The molecular weight excluding hydrogens is 416 g/mol. The first-order valence-corrected chi connectivity index (χ1v) is 12.4. The molecule has 1 heterocycles. The van der Waals surface area contributed by atoms with Crippen molar-refractivity contribution in [1.29, 1.82) is 0 Å². The van der Waals surface area contributed by atoms with Crippen molar-refractivity contribution in [3.8, 4) is 0 Å². The third-order valence-corrected chi connectivity index (χ3v) is 9.44. The average Bonchev–Trinajstić information content (AvgIpc) is 2.89. The molecule has 0 amide bonds. The van der Waals surface area contributed by atoms with Crippen molar-refractivity contribution in [3.05, 3.63) is 34.8 Å². The lowest BCUT2D eigenvalue weighted by atomic mass is 9.67. The van der Waals surface area contributed by atoms with Gasteiger partial charge < -0.3 is 14.9 Å². The van der Waals surface area contributed by atoms with E-state index in [1.165, 1.54) is 0 Å². The Labute approximate surface area is 198 Å². The van der Waals surface area contributed by atoms with E-state index in [0.717, 1.165) is 31.3 Å². The first kappa shape index (κ1) is 24.3. The molecule has 5 heteroatoms. The lowest BCUT2D eigenvalue weighted by Crippen LogP contribution is -2.48. The lowest BCUT2D eigenvalue weighted by Gasteiger charge is -2.49. The average molecular weight is 457 g/mol. The Hall–Kier alpha value is -1.88. The van der Waals surface area contributed by atoms with Crippen molar-refractivity contribution < 1.29 is 24.5 Å². The number of carbonyl (C=O) groups is 2. The van der Waals surface area contributed by atoms with Gasteiger partial charge >= 0.3 is 0 Å². The van der Waals surface area contributed by atoms with Gasteiger partial charge in [-0.1, -0.05) is 32.9 Å². The van der Waals surface area contributed by atoms with Gasteiger partial charge in [-0.25, -0.2) is 0 Å². The topological polar surface area (TPSA) is 83.8 Å². The second kappa shape index (κ2) is 7.56. The summed E-state index contributed by atoms with van der Waals surface area (Å²) in [6.07, 6.45) is 3.43. The number of aliphatic hydroxyl groups is 2. The Balaban J connectivity index is 1.79. The van der Waals surface area contributed by atoms with Crippen molar-refractivity contribution in [2.45, 2.75) is 92.3 Å². The summed E-state index contributed by atoms with van der Waals surface area (Å²) >= 11 is 0. The molecule has 182 valence electrons. The van der Waals surface area contributed by atoms with E-state index in [1.54, 1.807) is 27.7 Å². The summed E-state index contributed by atoms with van der Waals surface area (Å²) in [4.78, 5) is 26.3. The van der Waals surface area contributed by atoms with Crippen molar-refractivity contribution in [3.63, 3.8) is 0 Å². The Morgan fingerprint density at radius 1 is 1.21 bits per heavy atom. The highest BCUT2D eigenvalue weighted by Gasteiger charge is 2.60. The van der Waals surface area contributed by atoms with E-state index in [2.05, 4.69) is 27.4 Å². The van der Waals surface area contributed by atoms with Crippen LogP contribution in [-0.2, 0) is 14.3 Å². The largest absolute Gasteiger partial charge is 0.507 e. The van der Waals surface area contributed by atoms with Gasteiger partial charge in [0.05, 0.1) is 11.5 Å². The summed E-state index contributed by atoms with van der Waals surface area (Å²) in [7, 11) is 0. The molecule has 0 radical (unpaired) electrons. The van der Waals surface area contributed by atoms with E-state index in [9.17, 15) is 19.8 Å². The van der Waals surface area contributed by atoms with E-state index in [4.69, 9.17) is 4.74 Å². The third kappa shape index (κ3) is 3.37. The van der Waals surface area contributed by atoms with E-state index in [1.807, 2.05) is 0 Å². The number of allylic oxidation sites excluding steroid dienone is 4. The summed E-state index contributed by atoms with van der Waals surface area (Å²) in [6.45, 7) is 17.7. The van der Waals surface area contributed by atoms with E-state index >= 15 is 0 Å². The van der Waals surface area contributed by atoms with Crippen LogP contribution in [0.3, 0.4) is 0 Å². The van der Waals surface area contributed by atoms with Crippen molar-refractivity contribution in [2.24, 2.45) is 34.5 Å². The minimum Gasteiger partial charge on any atom is -0.507 e. The van der Waals surface area contributed by atoms with Crippen LogP contribution in [0.2, 0.25) is 0 Å². The molecule has 33 heavy (non-hydrogen) atoms. The van der Waals surface area contributed by atoms with Gasteiger partial charge in [0.25, 0.3) is 0 Å². The number of Topliss-reactive ketones (excluding diaryl/α,β-unsaturated/α-hetero) is 2. The van der Waals surface area contributed by atoms with Crippen molar-refractivity contribution >= 4 is 11.6 Å².